The largest absolute Gasteiger partial charge is 0.462 e. The van der Waals surface area contributed by atoms with Crippen LogP contribution < -0.4 is 0 Å². The molecular formula is C18H40O5Si3. The highest BCUT2D eigenvalue weighted by atomic mass is 28.5. The first-order valence-electron chi connectivity index (χ1n) is 9.61. The number of unbranched alkanes of at least 4 members (excludes halogenated alkanes) is 1. The molecule has 0 aliphatic rings. The standard InChI is InChI=1S/C18H40O5Si3/c1-10-11-14-21-18(19)17(2)16-20-13-12-15-26(9,22-24(3,4)5)23-25(6,7)8/h2,10-16H2,1,3-9H3. The summed E-state index contributed by atoms with van der Waals surface area (Å²) in [6.45, 7) is 22.4. The van der Waals surface area contributed by atoms with Crippen LogP contribution in [0.4, 0.5) is 0 Å². The van der Waals surface area contributed by atoms with Crippen molar-refractivity contribution in [3.05, 3.63) is 12.2 Å². The van der Waals surface area contributed by atoms with Crippen molar-refractivity contribution in [2.24, 2.45) is 0 Å². The lowest BCUT2D eigenvalue weighted by atomic mass is 10.3. The first kappa shape index (κ1) is 25.7. The number of carbonyl (C=O) groups excluding carboxylic acids is 1. The van der Waals surface area contributed by atoms with E-state index in [0.717, 1.165) is 25.3 Å². The highest BCUT2D eigenvalue weighted by Crippen LogP contribution is 2.25. The van der Waals surface area contributed by atoms with Crippen LogP contribution in [0, 0.1) is 0 Å². The molecule has 154 valence electrons. The van der Waals surface area contributed by atoms with Crippen LogP contribution in [0.3, 0.4) is 0 Å². The Balaban J connectivity index is 4.30. The number of esters is 1. The van der Waals surface area contributed by atoms with Crippen molar-refractivity contribution in [3.8, 4) is 0 Å². The quantitative estimate of drug-likeness (QED) is 0.170. The van der Waals surface area contributed by atoms with Gasteiger partial charge in [-0.1, -0.05) is 19.9 Å². The van der Waals surface area contributed by atoms with Gasteiger partial charge in [0.1, 0.15) is 0 Å². The van der Waals surface area contributed by atoms with Gasteiger partial charge < -0.3 is 17.7 Å². The van der Waals surface area contributed by atoms with Crippen molar-refractivity contribution < 1.29 is 22.5 Å². The summed E-state index contributed by atoms with van der Waals surface area (Å²) in [6, 6.07) is 0.898. The molecule has 26 heavy (non-hydrogen) atoms. The molecule has 0 saturated heterocycles. The molecule has 0 aromatic rings. The minimum atomic E-state index is -2.21. The molecule has 0 atom stereocenters. The van der Waals surface area contributed by atoms with Gasteiger partial charge in [0, 0.05) is 6.61 Å². The third kappa shape index (κ3) is 13.9. The van der Waals surface area contributed by atoms with Crippen molar-refractivity contribution in [3.63, 3.8) is 0 Å². The van der Waals surface area contributed by atoms with Gasteiger partial charge in [-0.2, -0.15) is 0 Å². The number of rotatable bonds is 14. The molecular weight excluding hydrogens is 380 g/mol. The molecule has 0 aliphatic carbocycles. The van der Waals surface area contributed by atoms with E-state index >= 15 is 0 Å². The van der Waals surface area contributed by atoms with Gasteiger partial charge in [0.15, 0.2) is 16.6 Å². The van der Waals surface area contributed by atoms with E-state index in [1.54, 1.807) is 0 Å². The van der Waals surface area contributed by atoms with Gasteiger partial charge in [-0.05, 0) is 64.7 Å². The number of hydrogen-bond donors (Lipinski definition) is 0. The number of hydrogen-bond acceptors (Lipinski definition) is 5. The molecule has 0 unspecified atom stereocenters. The maximum atomic E-state index is 11.7. The van der Waals surface area contributed by atoms with E-state index in [2.05, 4.69) is 59.3 Å². The fraction of sp³-hybridized carbons (Fsp3) is 0.833. The lowest BCUT2D eigenvalue weighted by Crippen LogP contribution is -2.52. The summed E-state index contributed by atoms with van der Waals surface area (Å²) in [6.07, 6.45) is 2.73. The Bertz CT molecular complexity index is 425. The van der Waals surface area contributed by atoms with Crippen molar-refractivity contribution in [2.45, 2.75) is 78.1 Å². The smallest absolute Gasteiger partial charge is 0.335 e. The second-order valence-electron chi connectivity index (χ2n) is 8.81. The number of ether oxygens (including phenoxy) is 2. The molecule has 0 N–H and O–H groups in total. The highest BCUT2D eigenvalue weighted by molar-refractivity contribution is 6.87. The Morgan fingerprint density at radius 2 is 1.42 bits per heavy atom. The van der Waals surface area contributed by atoms with Crippen LogP contribution in [0.2, 0.25) is 51.9 Å². The third-order valence-corrected chi connectivity index (χ3v) is 12.9. The van der Waals surface area contributed by atoms with Crippen LogP contribution >= 0.6 is 0 Å². The van der Waals surface area contributed by atoms with Gasteiger partial charge in [0.05, 0.1) is 18.8 Å². The molecule has 0 saturated carbocycles. The number of carbonyl (C=O) groups is 1. The molecule has 0 bridgehead atoms. The van der Waals surface area contributed by atoms with Gasteiger partial charge in [-0.3, -0.25) is 0 Å². The first-order valence-corrected chi connectivity index (χ1v) is 18.9. The molecule has 0 aromatic carbocycles. The fourth-order valence-electron chi connectivity index (χ4n) is 2.58. The first-order chi connectivity index (χ1) is 11.8. The normalized spacial score (nSPS) is 12.9. The highest BCUT2D eigenvalue weighted by Gasteiger charge is 2.39. The average molecular weight is 421 g/mol. The maximum Gasteiger partial charge on any atom is 0.335 e. The topological polar surface area (TPSA) is 54.0 Å². The van der Waals surface area contributed by atoms with Gasteiger partial charge in [0.2, 0.25) is 0 Å². The molecule has 5 nitrogen and oxygen atoms in total. The summed E-state index contributed by atoms with van der Waals surface area (Å²) in [5.74, 6) is -0.359. The Labute approximate surface area is 164 Å². The van der Waals surface area contributed by atoms with Crippen LogP contribution in [0.15, 0.2) is 12.2 Å². The van der Waals surface area contributed by atoms with Crippen LogP contribution in [-0.4, -0.2) is 51.0 Å². The Hall–Kier alpha value is -0.259. The van der Waals surface area contributed by atoms with E-state index in [1.165, 1.54) is 0 Å². The van der Waals surface area contributed by atoms with E-state index in [-0.39, 0.29) is 12.6 Å². The van der Waals surface area contributed by atoms with E-state index in [4.69, 9.17) is 17.7 Å². The lowest BCUT2D eigenvalue weighted by molar-refractivity contribution is -0.139. The second kappa shape index (κ2) is 11.6. The van der Waals surface area contributed by atoms with Crippen LogP contribution in [0.5, 0.6) is 0 Å². The van der Waals surface area contributed by atoms with E-state index in [1.807, 2.05) is 0 Å². The molecule has 0 aliphatic heterocycles. The van der Waals surface area contributed by atoms with Crippen LogP contribution in [0.25, 0.3) is 0 Å². The molecule has 0 amide bonds. The Kier molecular flexibility index (Phi) is 11.4. The van der Waals surface area contributed by atoms with Gasteiger partial charge in [0.25, 0.3) is 0 Å². The summed E-state index contributed by atoms with van der Waals surface area (Å²) in [7, 11) is -5.55. The van der Waals surface area contributed by atoms with E-state index < -0.39 is 25.2 Å². The SMILES string of the molecule is C=C(COCCC[Si](C)(O[Si](C)(C)C)O[Si](C)(C)C)C(=O)OCCCC. The summed E-state index contributed by atoms with van der Waals surface area (Å²) in [5.41, 5.74) is 0.373. The molecule has 0 heterocycles. The van der Waals surface area contributed by atoms with Crippen molar-refractivity contribution in [1.29, 1.82) is 0 Å². The zero-order valence-electron chi connectivity index (χ0n) is 18.2. The molecule has 0 spiro atoms. The lowest BCUT2D eigenvalue weighted by Gasteiger charge is -2.38. The predicted molar refractivity (Wildman–Crippen MR) is 116 cm³/mol. The van der Waals surface area contributed by atoms with Crippen LogP contribution in [-0.2, 0) is 22.5 Å². The van der Waals surface area contributed by atoms with E-state index in [9.17, 15) is 4.79 Å². The molecule has 0 fully saturated rings. The molecule has 0 rings (SSSR count). The summed E-state index contributed by atoms with van der Waals surface area (Å²) in [4.78, 5) is 11.7. The minimum Gasteiger partial charge on any atom is -0.462 e. The summed E-state index contributed by atoms with van der Waals surface area (Å²) in [5, 5.41) is 0. The monoisotopic (exact) mass is 420 g/mol. The Morgan fingerprint density at radius 3 is 1.88 bits per heavy atom. The van der Waals surface area contributed by atoms with Crippen molar-refractivity contribution in [2.75, 3.05) is 19.8 Å². The average Bonchev–Trinajstić information content (AvgIpc) is 2.42. The van der Waals surface area contributed by atoms with Gasteiger partial charge in [-0.15, -0.1) is 0 Å². The van der Waals surface area contributed by atoms with Gasteiger partial charge >= 0.3 is 14.5 Å². The molecule has 0 radical (unpaired) electrons. The summed E-state index contributed by atoms with van der Waals surface area (Å²) >= 11 is 0. The zero-order chi connectivity index (χ0) is 20.4. The fourth-order valence-corrected chi connectivity index (χ4v) is 15.1. The predicted octanol–water partition coefficient (Wildman–Crippen LogP) is 5.07. The molecule has 0 aromatic heterocycles. The maximum absolute atomic E-state index is 11.7. The molecule has 8 heteroatoms. The van der Waals surface area contributed by atoms with Crippen molar-refractivity contribution >= 4 is 31.2 Å². The third-order valence-electron chi connectivity index (χ3n) is 3.26. The second-order valence-corrected chi connectivity index (χ2v) is 21.7. The van der Waals surface area contributed by atoms with E-state index in [0.29, 0.717) is 18.8 Å². The van der Waals surface area contributed by atoms with Crippen LogP contribution in [0.1, 0.15) is 26.2 Å². The summed E-state index contributed by atoms with van der Waals surface area (Å²) < 4.78 is 23.7. The zero-order valence-corrected chi connectivity index (χ0v) is 21.2. The minimum absolute atomic E-state index is 0.215. The van der Waals surface area contributed by atoms with Gasteiger partial charge in [-0.25, -0.2) is 4.79 Å². The Morgan fingerprint density at radius 1 is 0.885 bits per heavy atom. The van der Waals surface area contributed by atoms with Crippen molar-refractivity contribution in [1.82, 2.24) is 0 Å².